The van der Waals surface area contributed by atoms with Crippen LogP contribution >= 0.6 is 0 Å². The van der Waals surface area contributed by atoms with Gasteiger partial charge in [-0.3, -0.25) is 9.69 Å². The van der Waals surface area contributed by atoms with Gasteiger partial charge in [-0.15, -0.1) is 0 Å². The van der Waals surface area contributed by atoms with Crippen molar-refractivity contribution in [3.8, 4) is 0 Å². The molecule has 0 radical (unpaired) electrons. The van der Waals surface area contributed by atoms with Crippen molar-refractivity contribution in [1.29, 1.82) is 0 Å². The Morgan fingerprint density at radius 3 is 2.51 bits per heavy atom. The summed E-state index contributed by atoms with van der Waals surface area (Å²) >= 11 is 0. The summed E-state index contributed by atoms with van der Waals surface area (Å²) < 4.78 is 12.2. The number of benzene rings is 1. The molecule has 7 aliphatic rings. The maximum Gasteiger partial charge on any atom is 0.410 e. The summed E-state index contributed by atoms with van der Waals surface area (Å²) in [4.78, 5) is 29.6. The molecule has 1 aromatic carbocycles. The number of Topliss-reactive ketones (excluding diaryl/α,β-unsaturated/α-hetero) is 1. The molecule has 6 nitrogen and oxygen atoms in total. The molecule has 1 aromatic heterocycles. The third kappa shape index (κ3) is 3.07. The van der Waals surface area contributed by atoms with Gasteiger partial charge in [0.25, 0.3) is 0 Å². The minimum Gasteiger partial charge on any atom is -0.461 e. The first kappa shape index (κ1) is 25.6. The summed E-state index contributed by atoms with van der Waals surface area (Å²) in [7, 11) is 0. The predicted molar refractivity (Wildman–Crippen MR) is 153 cm³/mol. The van der Waals surface area contributed by atoms with Crippen molar-refractivity contribution in [3.05, 3.63) is 83.9 Å². The number of aliphatic hydroxyl groups is 1. The molecule has 9 rings (SSSR count). The second-order valence-corrected chi connectivity index (χ2v) is 14.3. The molecule has 1 N–H and O–H groups in total. The first-order chi connectivity index (χ1) is 19.7. The van der Waals surface area contributed by atoms with E-state index in [2.05, 4.69) is 44.2 Å². The monoisotopic (exact) mass is 553 g/mol. The third-order valence-electron chi connectivity index (χ3n) is 12.9. The molecule has 8 atom stereocenters. The van der Waals surface area contributed by atoms with Gasteiger partial charge in [-0.1, -0.05) is 62.4 Å². The van der Waals surface area contributed by atoms with Crippen molar-refractivity contribution >= 4 is 11.9 Å². The number of aliphatic hydroxyl groups excluding tert-OH is 1. The van der Waals surface area contributed by atoms with Crippen LogP contribution in [0.4, 0.5) is 4.79 Å². The van der Waals surface area contributed by atoms with Crippen LogP contribution in [0.1, 0.15) is 74.9 Å². The minimum absolute atomic E-state index is 0.0369. The Balaban J connectivity index is 1.23. The lowest BCUT2D eigenvalue weighted by Crippen LogP contribution is -2.67. The van der Waals surface area contributed by atoms with Gasteiger partial charge in [-0.2, -0.15) is 0 Å². The summed E-state index contributed by atoms with van der Waals surface area (Å²) in [6.07, 6.45) is 14.0. The van der Waals surface area contributed by atoms with Gasteiger partial charge < -0.3 is 14.3 Å². The normalized spacial score (nSPS) is 43.9. The molecular weight excluding hydrogens is 514 g/mol. The topological polar surface area (TPSA) is 80.0 Å². The molecule has 1 amide bonds. The van der Waals surface area contributed by atoms with Gasteiger partial charge in [0, 0.05) is 28.4 Å². The summed E-state index contributed by atoms with van der Waals surface area (Å²) in [5.41, 5.74) is 0.236. The van der Waals surface area contributed by atoms with E-state index in [4.69, 9.17) is 9.15 Å². The highest BCUT2D eigenvalue weighted by Crippen LogP contribution is 2.79. The lowest BCUT2D eigenvalue weighted by atomic mass is 9.32. The van der Waals surface area contributed by atoms with Gasteiger partial charge in [0.2, 0.25) is 5.78 Å². The van der Waals surface area contributed by atoms with E-state index in [9.17, 15) is 14.7 Å². The lowest BCUT2D eigenvalue weighted by molar-refractivity contribution is -0.164. The number of hydrogen-bond donors (Lipinski definition) is 1. The molecule has 1 aliphatic heterocycles. The Hall–Kier alpha value is -3.12. The van der Waals surface area contributed by atoms with Crippen molar-refractivity contribution in [1.82, 2.24) is 4.90 Å². The standard InChI is InChI=1S/C35H39NO5/c1-31-13-10-24(37)19-33(31)16-17-35(25(20-33)29(38)26-9-6-18-40-26)27(31)11-14-32(2)28(35)12-15-34(32)22-36(30(39)41-34)21-23-7-4-3-5-8-23/h3-9,16-18,20,24,27-28,37H,10-15,19,21-22H2,1-2H3/t24-,27+,28+,31+,32-,33-,34+,35+/m0/s1. The molecule has 0 unspecified atom stereocenters. The molecule has 214 valence electrons. The number of carbonyl (C=O) groups is 2. The largest absolute Gasteiger partial charge is 0.461 e. The van der Waals surface area contributed by atoms with Crippen LogP contribution in [0.15, 0.2) is 76.9 Å². The zero-order valence-corrected chi connectivity index (χ0v) is 24.0. The Morgan fingerprint density at radius 1 is 0.976 bits per heavy atom. The van der Waals surface area contributed by atoms with Crippen LogP contribution in [0, 0.1) is 33.5 Å². The fourth-order valence-electron chi connectivity index (χ4n) is 10.8. The fraction of sp³-hybridized carbons (Fsp3) is 0.543. The molecule has 3 spiro atoms. The highest BCUT2D eigenvalue weighted by molar-refractivity contribution is 6.08. The Bertz CT molecular complexity index is 1480. The zero-order chi connectivity index (χ0) is 28.3. The van der Waals surface area contributed by atoms with E-state index in [-0.39, 0.29) is 46.1 Å². The van der Waals surface area contributed by atoms with Crippen LogP contribution in [0.3, 0.4) is 0 Å². The highest BCUT2D eigenvalue weighted by Gasteiger charge is 2.76. The SMILES string of the molecule is C[C@]12CC[C@H]3[C@]4(C=C[C@@]5(C=C4C(=O)c4ccco4)C[C@@H](O)CC[C@]35C)[C@@H]1CC[C@@]21CN(Cc2ccccc2)C(=O)O1. The average Bonchev–Trinajstić information content (AvgIpc) is 3.68. The number of nitrogens with zero attached hydrogens (tertiary/aromatic N) is 1. The van der Waals surface area contributed by atoms with E-state index >= 15 is 0 Å². The second kappa shape index (κ2) is 8.25. The van der Waals surface area contributed by atoms with E-state index < -0.39 is 11.0 Å². The zero-order valence-electron chi connectivity index (χ0n) is 24.0. The Morgan fingerprint density at radius 2 is 1.73 bits per heavy atom. The third-order valence-corrected chi connectivity index (χ3v) is 12.9. The molecule has 3 saturated carbocycles. The maximum absolute atomic E-state index is 14.3. The van der Waals surface area contributed by atoms with E-state index in [0.29, 0.717) is 25.3 Å². The van der Waals surface area contributed by atoms with Crippen molar-refractivity contribution in [2.45, 2.75) is 77.0 Å². The molecule has 2 aromatic rings. The number of furan rings is 1. The molecule has 2 heterocycles. The van der Waals surface area contributed by atoms with Gasteiger partial charge >= 0.3 is 6.09 Å². The van der Waals surface area contributed by atoms with Gasteiger partial charge in [-0.25, -0.2) is 4.79 Å². The number of rotatable bonds is 4. The molecular formula is C35H39NO5. The van der Waals surface area contributed by atoms with Crippen LogP contribution in [0.2, 0.25) is 0 Å². The van der Waals surface area contributed by atoms with Crippen LogP contribution < -0.4 is 0 Å². The van der Waals surface area contributed by atoms with E-state index in [1.165, 1.54) is 0 Å². The van der Waals surface area contributed by atoms with Crippen molar-refractivity contribution in [2.75, 3.05) is 6.54 Å². The number of hydrogen-bond acceptors (Lipinski definition) is 5. The average molecular weight is 554 g/mol. The van der Waals surface area contributed by atoms with Crippen LogP contribution in [-0.4, -0.2) is 40.1 Å². The number of allylic oxidation sites excluding steroid dienone is 4. The van der Waals surface area contributed by atoms with Gasteiger partial charge in [0.1, 0.15) is 5.60 Å². The highest BCUT2D eigenvalue weighted by atomic mass is 16.6. The molecule has 2 bridgehead atoms. The Labute approximate surface area is 241 Å². The molecule has 4 fully saturated rings. The van der Waals surface area contributed by atoms with E-state index in [0.717, 1.165) is 49.7 Å². The predicted octanol–water partition coefficient (Wildman–Crippen LogP) is 6.71. The molecule has 1 saturated heterocycles. The Kier molecular flexibility index (Phi) is 5.14. The summed E-state index contributed by atoms with van der Waals surface area (Å²) in [6, 6.07) is 13.7. The molecule has 41 heavy (non-hydrogen) atoms. The first-order valence-electron chi connectivity index (χ1n) is 15.4. The van der Waals surface area contributed by atoms with E-state index in [1.807, 2.05) is 23.1 Å². The summed E-state index contributed by atoms with van der Waals surface area (Å²) in [5, 5.41) is 10.8. The smallest absolute Gasteiger partial charge is 0.410 e. The summed E-state index contributed by atoms with van der Waals surface area (Å²) in [6.45, 7) is 5.87. The number of ether oxygens (including phenoxy) is 1. The fourth-order valence-corrected chi connectivity index (χ4v) is 10.8. The molecule has 6 aliphatic carbocycles. The summed E-state index contributed by atoms with van der Waals surface area (Å²) in [5.74, 6) is 0.769. The van der Waals surface area contributed by atoms with E-state index in [1.54, 1.807) is 18.4 Å². The van der Waals surface area contributed by atoms with Gasteiger partial charge in [-0.05, 0) is 79.9 Å². The second-order valence-electron chi connectivity index (χ2n) is 14.3. The van der Waals surface area contributed by atoms with Gasteiger partial charge in [0.15, 0.2) is 5.76 Å². The lowest BCUT2D eigenvalue weighted by Gasteiger charge is -2.71. The van der Waals surface area contributed by atoms with Crippen LogP contribution in [0.25, 0.3) is 0 Å². The quantitative estimate of drug-likeness (QED) is 0.336. The number of ketones is 1. The molecule has 6 heteroatoms. The van der Waals surface area contributed by atoms with Crippen LogP contribution in [-0.2, 0) is 11.3 Å². The van der Waals surface area contributed by atoms with Crippen molar-refractivity contribution in [2.24, 2.45) is 33.5 Å². The number of carbonyl (C=O) groups excluding carboxylic acids is 2. The van der Waals surface area contributed by atoms with Gasteiger partial charge in [0.05, 0.1) is 18.9 Å². The number of amides is 1. The van der Waals surface area contributed by atoms with Crippen molar-refractivity contribution in [3.63, 3.8) is 0 Å². The number of fused-ring (bicyclic) bond motifs is 2. The van der Waals surface area contributed by atoms with Crippen LogP contribution in [0.5, 0.6) is 0 Å². The van der Waals surface area contributed by atoms with Crippen molar-refractivity contribution < 1.29 is 23.8 Å². The minimum atomic E-state index is -0.578. The first-order valence-corrected chi connectivity index (χ1v) is 15.4. The maximum atomic E-state index is 14.3.